The number of methoxy groups -OCH3 is 1. The van der Waals surface area contributed by atoms with E-state index < -0.39 is 77.9 Å². The minimum Gasteiger partial charge on any atom is -0.387 e. The Morgan fingerprint density at radius 1 is 1.02 bits per heavy atom. The number of ether oxygens (including phenoxy) is 3. The zero-order valence-corrected chi connectivity index (χ0v) is 24.4. The highest BCUT2D eigenvalue weighted by Gasteiger charge is 2.47. The van der Waals surface area contributed by atoms with Crippen molar-refractivity contribution in [2.75, 3.05) is 20.3 Å². The molecule has 2 saturated heterocycles. The number of aliphatic hydroxyl groups is 2. The van der Waals surface area contributed by atoms with Crippen LogP contribution in [0.5, 0.6) is 0 Å². The fourth-order valence-corrected chi connectivity index (χ4v) is 6.79. The van der Waals surface area contributed by atoms with E-state index in [0.29, 0.717) is 36.8 Å². The molecule has 0 aromatic carbocycles. The molecule has 2 fully saturated rings. The lowest BCUT2D eigenvalue weighted by Crippen LogP contribution is -2.40. The standard InChI is InChI=1S/C23H36N4O13P2/c1-35-22(25)15-5-3-9-27(11-15)23-20(29)19(28)17(39-23)13-37-42(33,34)40-41(31,32)36-12-16-6-7-18(38-16)26-8-2-4-14(10-26)21(24)30/h2-3,8-11,16-20,22-23,28-29H,4-7,12-13,25H2,1H3,(H2,24,30)(H,31,32)(H,33,34)/t16-,17+,18+,19+,20+,22?,23+/m0/s1. The summed E-state index contributed by atoms with van der Waals surface area (Å²) in [6, 6.07) is 0. The molecule has 0 saturated carbocycles. The van der Waals surface area contributed by atoms with Gasteiger partial charge in [-0.25, -0.2) is 9.13 Å². The van der Waals surface area contributed by atoms with Crippen LogP contribution in [0.4, 0.5) is 0 Å². The first-order valence-corrected chi connectivity index (χ1v) is 16.0. The molecule has 4 heterocycles. The van der Waals surface area contributed by atoms with Crippen LogP contribution in [0.3, 0.4) is 0 Å². The Morgan fingerprint density at radius 2 is 1.69 bits per heavy atom. The molecule has 4 aliphatic rings. The van der Waals surface area contributed by atoms with Crippen LogP contribution in [0.25, 0.3) is 0 Å². The Labute approximate surface area is 241 Å². The van der Waals surface area contributed by atoms with Gasteiger partial charge in [0, 0.05) is 37.5 Å². The minimum absolute atomic E-state index is 0.393. The maximum Gasteiger partial charge on any atom is 0.481 e. The van der Waals surface area contributed by atoms with E-state index >= 15 is 0 Å². The van der Waals surface area contributed by atoms with Gasteiger partial charge in [-0.1, -0.05) is 12.2 Å². The zero-order chi connectivity index (χ0) is 30.7. The Bertz CT molecular complexity index is 1210. The van der Waals surface area contributed by atoms with Crippen molar-refractivity contribution in [3.8, 4) is 0 Å². The van der Waals surface area contributed by atoms with Crippen LogP contribution in [-0.4, -0.2) is 99.1 Å². The molecular formula is C23H36N4O13P2. The summed E-state index contributed by atoms with van der Waals surface area (Å²) >= 11 is 0. The lowest BCUT2D eigenvalue weighted by atomic mass is 10.1. The van der Waals surface area contributed by atoms with Crippen LogP contribution in [0.2, 0.25) is 0 Å². The number of allylic oxidation sites excluding steroid dienone is 2. The highest BCUT2D eigenvalue weighted by atomic mass is 31.3. The minimum atomic E-state index is -5.20. The number of primary amides is 1. The third-order valence-corrected chi connectivity index (χ3v) is 9.48. The lowest BCUT2D eigenvalue weighted by molar-refractivity contribution is -0.114. The summed E-state index contributed by atoms with van der Waals surface area (Å²) in [5.74, 6) is -0.556. The molecule has 9 atom stereocenters. The fraction of sp³-hybridized carbons (Fsp3) is 0.609. The second kappa shape index (κ2) is 13.8. The molecule has 4 aliphatic heterocycles. The zero-order valence-electron chi connectivity index (χ0n) is 22.7. The molecule has 0 bridgehead atoms. The number of amides is 1. The average molecular weight is 639 g/mol. The van der Waals surface area contributed by atoms with E-state index in [2.05, 4.69) is 4.31 Å². The third kappa shape index (κ3) is 8.36. The second-order valence-corrected chi connectivity index (χ2v) is 12.9. The maximum atomic E-state index is 12.4. The number of nitrogens with zero attached hydrogens (tertiary/aromatic N) is 2. The largest absolute Gasteiger partial charge is 0.481 e. The Hall–Kier alpha value is -1.95. The Morgan fingerprint density at radius 3 is 2.38 bits per heavy atom. The molecule has 0 radical (unpaired) electrons. The van der Waals surface area contributed by atoms with Crippen LogP contribution < -0.4 is 11.5 Å². The quantitative estimate of drug-likeness (QED) is 0.113. The number of carbonyl (C=O) groups excluding carboxylic acids is 1. The van der Waals surface area contributed by atoms with Gasteiger partial charge in [-0.15, -0.1) is 0 Å². The number of phosphoric ester groups is 2. The molecule has 0 spiro atoms. The molecule has 8 N–H and O–H groups in total. The number of hydrogen-bond donors (Lipinski definition) is 6. The van der Waals surface area contributed by atoms with Gasteiger partial charge < -0.3 is 55.5 Å². The van der Waals surface area contributed by atoms with Crippen LogP contribution >= 0.6 is 15.6 Å². The predicted molar refractivity (Wildman–Crippen MR) is 143 cm³/mol. The molecule has 17 nitrogen and oxygen atoms in total. The van der Waals surface area contributed by atoms with Gasteiger partial charge >= 0.3 is 15.6 Å². The van der Waals surface area contributed by atoms with E-state index in [1.807, 2.05) is 0 Å². The summed E-state index contributed by atoms with van der Waals surface area (Å²) in [4.78, 5) is 34.6. The summed E-state index contributed by atoms with van der Waals surface area (Å²) in [5.41, 5.74) is 12.3. The molecular weight excluding hydrogens is 602 g/mol. The first kappa shape index (κ1) is 33.0. The van der Waals surface area contributed by atoms with E-state index in [4.69, 9.17) is 34.7 Å². The second-order valence-electron chi connectivity index (χ2n) is 9.90. The molecule has 0 aromatic rings. The smallest absolute Gasteiger partial charge is 0.387 e. The summed E-state index contributed by atoms with van der Waals surface area (Å²) in [6.45, 7) is -1.22. The van der Waals surface area contributed by atoms with Gasteiger partial charge in [0.05, 0.1) is 19.3 Å². The van der Waals surface area contributed by atoms with Gasteiger partial charge in [-0.3, -0.25) is 13.8 Å². The van der Waals surface area contributed by atoms with Gasteiger partial charge in [0.2, 0.25) is 5.91 Å². The third-order valence-electron chi connectivity index (χ3n) is 6.88. The van der Waals surface area contributed by atoms with Gasteiger partial charge in [0.25, 0.3) is 0 Å². The van der Waals surface area contributed by atoms with Gasteiger partial charge in [0.15, 0.2) is 6.23 Å². The van der Waals surface area contributed by atoms with Crippen molar-refractivity contribution in [2.45, 2.75) is 68.8 Å². The molecule has 3 unspecified atom stereocenters. The monoisotopic (exact) mass is 638 g/mol. The first-order chi connectivity index (χ1) is 19.8. The molecule has 236 valence electrons. The Kier molecular flexibility index (Phi) is 10.8. The van der Waals surface area contributed by atoms with Crippen LogP contribution in [0.1, 0.15) is 25.7 Å². The van der Waals surface area contributed by atoms with Crippen molar-refractivity contribution in [2.24, 2.45) is 11.5 Å². The fourth-order valence-electron chi connectivity index (χ4n) is 4.68. The topological polar surface area (TPSA) is 246 Å². The number of hydrogen-bond acceptors (Lipinski definition) is 14. The van der Waals surface area contributed by atoms with Gasteiger partial charge in [-0.05, 0) is 31.3 Å². The van der Waals surface area contributed by atoms with Crippen molar-refractivity contribution in [1.82, 2.24) is 9.80 Å². The lowest BCUT2D eigenvalue weighted by Gasteiger charge is -2.30. The predicted octanol–water partition coefficient (Wildman–Crippen LogP) is -0.188. The molecule has 0 aromatic heterocycles. The number of nitrogens with two attached hydrogens (primary N) is 2. The van der Waals surface area contributed by atoms with Gasteiger partial charge in [0.1, 0.15) is 30.8 Å². The van der Waals surface area contributed by atoms with Crippen molar-refractivity contribution < 1.29 is 61.5 Å². The maximum absolute atomic E-state index is 12.4. The highest BCUT2D eigenvalue weighted by molar-refractivity contribution is 7.61. The summed E-state index contributed by atoms with van der Waals surface area (Å²) < 4.78 is 55.3. The van der Waals surface area contributed by atoms with Crippen molar-refractivity contribution in [3.63, 3.8) is 0 Å². The van der Waals surface area contributed by atoms with E-state index in [-0.39, 0.29) is 0 Å². The number of aliphatic hydroxyl groups excluding tert-OH is 2. The first-order valence-electron chi connectivity index (χ1n) is 13.0. The van der Waals surface area contributed by atoms with Crippen molar-refractivity contribution >= 4 is 21.6 Å². The van der Waals surface area contributed by atoms with Crippen LogP contribution in [0, 0.1) is 0 Å². The molecule has 4 rings (SSSR count). The van der Waals surface area contributed by atoms with Crippen molar-refractivity contribution in [3.05, 3.63) is 48.1 Å². The highest BCUT2D eigenvalue weighted by Crippen LogP contribution is 2.60. The molecule has 0 aliphatic carbocycles. The van der Waals surface area contributed by atoms with Crippen LogP contribution in [0.15, 0.2) is 48.1 Å². The summed E-state index contributed by atoms with van der Waals surface area (Å²) in [7, 11) is -8.87. The summed E-state index contributed by atoms with van der Waals surface area (Å²) in [6.07, 6.45) is 4.57. The van der Waals surface area contributed by atoms with E-state index in [9.17, 15) is 33.9 Å². The molecule has 1 amide bonds. The molecule has 19 heteroatoms. The Balaban J connectivity index is 1.24. The van der Waals surface area contributed by atoms with Crippen LogP contribution in [-0.2, 0) is 41.5 Å². The number of carbonyl (C=O) groups is 1. The number of phosphoric acid groups is 2. The SMILES string of the molecule is COC(N)C1=CN([C@@H]2O[C@H](COP(=O)(O)OP(=O)(O)OC[C@@H]3CC[C@H](N4C=CCC(C(N)=O)=C4)O3)[C@@H](O)[C@H]2O)C=CC1. The normalized spacial score (nSPS) is 33.2. The van der Waals surface area contributed by atoms with E-state index in [1.54, 1.807) is 41.9 Å². The molecule has 42 heavy (non-hydrogen) atoms. The average Bonchev–Trinajstić information content (AvgIpc) is 3.54. The van der Waals surface area contributed by atoms with E-state index in [0.717, 1.165) is 0 Å². The van der Waals surface area contributed by atoms with Crippen molar-refractivity contribution in [1.29, 1.82) is 0 Å². The summed E-state index contributed by atoms with van der Waals surface area (Å²) in [5, 5.41) is 20.9. The number of rotatable bonds is 13. The van der Waals surface area contributed by atoms with Gasteiger partial charge in [-0.2, -0.15) is 4.31 Å². The van der Waals surface area contributed by atoms with E-state index in [1.165, 1.54) is 12.0 Å².